The summed E-state index contributed by atoms with van der Waals surface area (Å²) in [6.45, 7) is 4.73. The molecular formula is C21H22F3N3O2S. The molecule has 1 aromatic heterocycles. The van der Waals surface area contributed by atoms with E-state index in [1.165, 1.54) is 12.3 Å². The molecule has 2 heterocycles. The Morgan fingerprint density at radius 2 is 1.70 bits per heavy atom. The highest BCUT2D eigenvalue weighted by atomic mass is 32.2. The van der Waals surface area contributed by atoms with Gasteiger partial charge in [-0.1, -0.05) is 12.1 Å². The third-order valence-corrected chi connectivity index (χ3v) is 7.13. The monoisotopic (exact) mass is 437 g/mol. The first-order chi connectivity index (χ1) is 14.1. The van der Waals surface area contributed by atoms with E-state index in [1.807, 2.05) is 12.1 Å². The van der Waals surface area contributed by atoms with Crippen LogP contribution < -0.4 is 0 Å². The second-order valence-electron chi connectivity index (χ2n) is 7.61. The summed E-state index contributed by atoms with van der Waals surface area (Å²) < 4.78 is 66.1. The van der Waals surface area contributed by atoms with Crippen LogP contribution in [0.25, 0.3) is 10.9 Å². The van der Waals surface area contributed by atoms with E-state index in [0.29, 0.717) is 11.6 Å². The molecule has 0 spiro atoms. The molecule has 0 radical (unpaired) electrons. The van der Waals surface area contributed by atoms with Crippen molar-refractivity contribution in [3.63, 3.8) is 0 Å². The summed E-state index contributed by atoms with van der Waals surface area (Å²) in [5.41, 5.74) is 0.519. The first-order valence-corrected chi connectivity index (χ1v) is 11.0. The summed E-state index contributed by atoms with van der Waals surface area (Å²) in [6.07, 6.45) is -3.22. The summed E-state index contributed by atoms with van der Waals surface area (Å²) in [6, 6.07) is 11.0. The summed E-state index contributed by atoms with van der Waals surface area (Å²) in [5.74, 6) is 0. The maximum Gasteiger partial charge on any atom is 0.416 e. The van der Waals surface area contributed by atoms with Crippen LogP contribution in [0.2, 0.25) is 0 Å². The zero-order valence-electron chi connectivity index (χ0n) is 16.4. The largest absolute Gasteiger partial charge is 0.416 e. The van der Waals surface area contributed by atoms with Gasteiger partial charge in [-0.15, -0.1) is 0 Å². The quantitative estimate of drug-likeness (QED) is 0.625. The Balaban J connectivity index is 1.63. The van der Waals surface area contributed by atoms with E-state index >= 15 is 0 Å². The van der Waals surface area contributed by atoms with Gasteiger partial charge < -0.3 is 4.90 Å². The molecule has 0 bridgehead atoms. The minimum Gasteiger partial charge on any atom is -0.304 e. The van der Waals surface area contributed by atoms with Crippen LogP contribution in [-0.2, 0) is 22.7 Å². The van der Waals surface area contributed by atoms with E-state index in [1.54, 1.807) is 12.1 Å². The highest BCUT2D eigenvalue weighted by Gasteiger charge is 2.32. The fourth-order valence-electron chi connectivity index (χ4n) is 3.69. The zero-order valence-corrected chi connectivity index (χ0v) is 17.2. The fourth-order valence-corrected chi connectivity index (χ4v) is 5.08. The molecule has 0 N–H and O–H groups in total. The Labute approximate surface area is 173 Å². The van der Waals surface area contributed by atoms with Crippen molar-refractivity contribution in [3.8, 4) is 0 Å². The van der Waals surface area contributed by atoms with Crippen LogP contribution in [-0.4, -0.2) is 55.4 Å². The van der Waals surface area contributed by atoms with E-state index in [4.69, 9.17) is 0 Å². The molecule has 0 saturated carbocycles. The van der Waals surface area contributed by atoms with Crippen molar-refractivity contribution in [1.29, 1.82) is 0 Å². The molecule has 1 aliphatic heterocycles. The van der Waals surface area contributed by atoms with Crippen molar-refractivity contribution in [3.05, 3.63) is 65.9 Å². The maximum absolute atomic E-state index is 13.0. The molecule has 1 fully saturated rings. The molecule has 4 rings (SSSR count). The number of hydrogen-bond acceptors (Lipinski definition) is 4. The molecule has 1 saturated heterocycles. The van der Waals surface area contributed by atoms with Gasteiger partial charge in [0, 0.05) is 44.3 Å². The number of halogens is 3. The highest BCUT2D eigenvalue weighted by Crippen LogP contribution is 2.31. The SMILES string of the molecule is CN1CCN(Cc2ccc3c(ccn3S(=O)(=O)c3cccc(C(F)(F)F)c3)c2)CC1. The van der Waals surface area contributed by atoms with Gasteiger partial charge in [0.1, 0.15) is 0 Å². The molecule has 9 heteroatoms. The number of piperazine rings is 1. The molecule has 160 valence electrons. The molecular weight excluding hydrogens is 415 g/mol. The van der Waals surface area contributed by atoms with Crippen LogP contribution in [0.1, 0.15) is 11.1 Å². The van der Waals surface area contributed by atoms with Gasteiger partial charge in [-0.2, -0.15) is 13.2 Å². The van der Waals surface area contributed by atoms with Crippen LogP contribution in [0, 0.1) is 0 Å². The zero-order chi connectivity index (χ0) is 21.5. The Bertz CT molecular complexity index is 1160. The molecule has 5 nitrogen and oxygen atoms in total. The Morgan fingerprint density at radius 3 is 2.40 bits per heavy atom. The lowest BCUT2D eigenvalue weighted by Crippen LogP contribution is -2.43. The van der Waals surface area contributed by atoms with E-state index < -0.39 is 26.7 Å². The topological polar surface area (TPSA) is 45.5 Å². The van der Waals surface area contributed by atoms with E-state index in [-0.39, 0.29) is 0 Å². The van der Waals surface area contributed by atoms with Crippen LogP contribution in [0.4, 0.5) is 13.2 Å². The Morgan fingerprint density at radius 1 is 0.967 bits per heavy atom. The first kappa shape index (κ1) is 20.9. The van der Waals surface area contributed by atoms with Crippen molar-refractivity contribution in [1.82, 2.24) is 13.8 Å². The van der Waals surface area contributed by atoms with Crippen molar-refractivity contribution in [2.24, 2.45) is 0 Å². The molecule has 0 amide bonds. The van der Waals surface area contributed by atoms with Crippen molar-refractivity contribution in [2.45, 2.75) is 17.6 Å². The lowest BCUT2D eigenvalue weighted by molar-refractivity contribution is -0.137. The van der Waals surface area contributed by atoms with E-state index in [9.17, 15) is 21.6 Å². The molecule has 2 aromatic carbocycles. The number of rotatable bonds is 4. The fraction of sp³-hybridized carbons (Fsp3) is 0.333. The number of fused-ring (bicyclic) bond motifs is 1. The summed E-state index contributed by atoms with van der Waals surface area (Å²) >= 11 is 0. The first-order valence-electron chi connectivity index (χ1n) is 9.58. The minimum atomic E-state index is -4.61. The predicted molar refractivity (Wildman–Crippen MR) is 109 cm³/mol. The van der Waals surface area contributed by atoms with Crippen LogP contribution in [0.15, 0.2) is 59.6 Å². The average Bonchev–Trinajstić information content (AvgIpc) is 3.13. The van der Waals surface area contributed by atoms with Crippen LogP contribution in [0.3, 0.4) is 0 Å². The molecule has 0 atom stereocenters. The number of likely N-dealkylation sites (N-methyl/N-ethyl adjacent to an activating group) is 1. The number of nitrogens with zero attached hydrogens (tertiary/aromatic N) is 3. The predicted octanol–water partition coefficient (Wildman–Crippen LogP) is 3.64. The molecule has 0 aliphatic carbocycles. The van der Waals surface area contributed by atoms with Gasteiger partial charge in [0.25, 0.3) is 10.0 Å². The van der Waals surface area contributed by atoms with Crippen molar-refractivity contribution >= 4 is 20.9 Å². The lowest BCUT2D eigenvalue weighted by atomic mass is 10.1. The van der Waals surface area contributed by atoms with Gasteiger partial charge in [-0.25, -0.2) is 12.4 Å². The number of aromatic nitrogens is 1. The second kappa shape index (κ2) is 7.72. The van der Waals surface area contributed by atoms with E-state index in [2.05, 4.69) is 16.8 Å². The normalized spacial score (nSPS) is 16.9. The van der Waals surface area contributed by atoms with Gasteiger partial charge in [-0.05, 0) is 49.0 Å². The standard InChI is InChI=1S/C21H22F3N3O2S/c1-25-9-11-26(12-10-25)15-16-5-6-20-17(13-16)7-8-27(20)30(28,29)19-4-2-3-18(14-19)21(22,23)24/h2-8,13-14H,9-12,15H2,1H3. The minimum absolute atomic E-state index is 0.392. The van der Waals surface area contributed by atoms with Crippen LogP contribution in [0.5, 0.6) is 0 Å². The van der Waals surface area contributed by atoms with Crippen molar-refractivity contribution in [2.75, 3.05) is 33.2 Å². The van der Waals surface area contributed by atoms with Gasteiger partial charge in [0.15, 0.2) is 0 Å². The second-order valence-corrected chi connectivity index (χ2v) is 9.43. The summed E-state index contributed by atoms with van der Waals surface area (Å²) in [5, 5.41) is 0.733. The summed E-state index contributed by atoms with van der Waals surface area (Å²) in [4.78, 5) is 4.23. The maximum atomic E-state index is 13.0. The molecule has 30 heavy (non-hydrogen) atoms. The lowest BCUT2D eigenvalue weighted by Gasteiger charge is -2.32. The number of benzene rings is 2. The smallest absolute Gasteiger partial charge is 0.304 e. The molecule has 0 unspecified atom stereocenters. The highest BCUT2D eigenvalue weighted by molar-refractivity contribution is 7.90. The number of hydrogen-bond donors (Lipinski definition) is 0. The molecule has 1 aliphatic rings. The van der Waals surface area contributed by atoms with Gasteiger partial charge >= 0.3 is 6.18 Å². The van der Waals surface area contributed by atoms with E-state index in [0.717, 1.165) is 59.8 Å². The average molecular weight is 437 g/mol. The summed E-state index contributed by atoms with van der Waals surface area (Å²) in [7, 11) is -2.06. The Kier molecular flexibility index (Phi) is 5.37. The van der Waals surface area contributed by atoms with Crippen molar-refractivity contribution < 1.29 is 21.6 Å². The molecule has 3 aromatic rings. The van der Waals surface area contributed by atoms with Gasteiger partial charge in [0.2, 0.25) is 0 Å². The number of alkyl halides is 3. The van der Waals surface area contributed by atoms with Gasteiger partial charge in [0.05, 0.1) is 16.0 Å². The van der Waals surface area contributed by atoms with Gasteiger partial charge in [-0.3, -0.25) is 4.90 Å². The third-order valence-electron chi connectivity index (χ3n) is 5.44. The third kappa shape index (κ3) is 4.10. The Hall–Kier alpha value is -2.36. The van der Waals surface area contributed by atoms with Crippen LogP contribution >= 0.6 is 0 Å².